The molecule has 0 saturated heterocycles. The minimum Gasteiger partial charge on any atom is -0.444 e. The maximum atomic E-state index is 12.4. The summed E-state index contributed by atoms with van der Waals surface area (Å²) >= 11 is 0. The highest BCUT2D eigenvalue weighted by Crippen LogP contribution is 2.20. The van der Waals surface area contributed by atoms with Gasteiger partial charge in [-0.25, -0.2) is 4.79 Å². The first-order chi connectivity index (χ1) is 13.0. The van der Waals surface area contributed by atoms with Crippen LogP contribution in [0.4, 0.5) is 4.79 Å². The third kappa shape index (κ3) is 6.37. The molecule has 1 heterocycles. The fraction of sp³-hybridized carbons (Fsp3) is 0.500. The molecule has 28 heavy (non-hydrogen) atoms. The van der Waals surface area contributed by atoms with Crippen LogP contribution in [-0.4, -0.2) is 52.3 Å². The van der Waals surface area contributed by atoms with Gasteiger partial charge in [0.15, 0.2) is 0 Å². The molecule has 2 rings (SSSR count). The zero-order valence-corrected chi connectivity index (χ0v) is 17.3. The molecule has 1 atom stereocenters. The van der Waals surface area contributed by atoms with E-state index in [0.29, 0.717) is 12.4 Å². The van der Waals surface area contributed by atoms with E-state index in [0.717, 1.165) is 11.1 Å². The molecule has 2 amide bonds. The molecule has 2 aromatic rings. The molecule has 0 bridgehead atoms. The Hall–Kier alpha value is -2.90. The fourth-order valence-electron chi connectivity index (χ4n) is 2.59. The summed E-state index contributed by atoms with van der Waals surface area (Å²) in [4.78, 5) is 30.1. The van der Waals surface area contributed by atoms with Crippen molar-refractivity contribution >= 4 is 12.0 Å². The van der Waals surface area contributed by atoms with Crippen LogP contribution >= 0.6 is 0 Å². The van der Waals surface area contributed by atoms with Crippen LogP contribution < -0.4 is 5.32 Å². The molecular weight excluding hydrogens is 360 g/mol. The van der Waals surface area contributed by atoms with E-state index >= 15 is 0 Å². The second-order valence-corrected chi connectivity index (χ2v) is 7.82. The summed E-state index contributed by atoms with van der Waals surface area (Å²) < 4.78 is 10.4. The van der Waals surface area contributed by atoms with Crippen LogP contribution in [0.15, 0.2) is 28.8 Å². The lowest BCUT2D eigenvalue weighted by Gasteiger charge is -2.24. The predicted molar refractivity (Wildman–Crippen MR) is 105 cm³/mol. The molecule has 0 aliphatic rings. The smallest absolute Gasteiger partial charge is 0.407 e. The fourth-order valence-corrected chi connectivity index (χ4v) is 2.59. The minimum absolute atomic E-state index is 0.00542. The lowest BCUT2D eigenvalue weighted by molar-refractivity contribution is -0.129. The Kier molecular flexibility index (Phi) is 6.77. The van der Waals surface area contributed by atoms with Gasteiger partial charge in [0.05, 0.1) is 0 Å². The van der Waals surface area contributed by atoms with Crippen molar-refractivity contribution in [3.63, 3.8) is 0 Å². The predicted octanol–water partition coefficient (Wildman–Crippen LogP) is 2.96. The number of nitrogens with one attached hydrogen (secondary N) is 1. The van der Waals surface area contributed by atoms with Gasteiger partial charge in [0.2, 0.25) is 17.6 Å². The van der Waals surface area contributed by atoms with Gasteiger partial charge >= 0.3 is 6.09 Å². The number of nitrogens with zero attached hydrogens (tertiary/aromatic N) is 3. The van der Waals surface area contributed by atoms with Gasteiger partial charge in [-0.3, -0.25) is 4.79 Å². The number of alkyl carbamates (subject to hydrolysis) is 1. The number of aryl methyl sites for hydroxylation is 1. The quantitative estimate of drug-likeness (QED) is 0.817. The van der Waals surface area contributed by atoms with E-state index in [4.69, 9.17) is 9.26 Å². The molecule has 1 aromatic carbocycles. The topological polar surface area (TPSA) is 97.6 Å². The summed E-state index contributed by atoms with van der Waals surface area (Å²) in [5, 5.41) is 6.68. The average Bonchev–Trinajstić information content (AvgIpc) is 3.01. The number of benzene rings is 1. The number of likely N-dealkylation sites (N-methyl/N-ethyl adjacent to an activating group) is 1. The lowest BCUT2D eigenvalue weighted by atomic mass is 10.1. The first-order valence-corrected chi connectivity index (χ1v) is 9.17. The summed E-state index contributed by atoms with van der Waals surface area (Å²) in [5.41, 5.74) is 1.33. The third-order valence-electron chi connectivity index (χ3n) is 3.89. The zero-order chi connectivity index (χ0) is 20.9. The third-order valence-corrected chi connectivity index (χ3v) is 3.89. The molecule has 0 spiro atoms. The number of hydrogen-bond acceptors (Lipinski definition) is 6. The molecule has 0 aliphatic heterocycles. The van der Waals surface area contributed by atoms with Crippen molar-refractivity contribution in [3.05, 3.63) is 35.7 Å². The minimum atomic E-state index is -0.571. The molecule has 8 heteroatoms. The van der Waals surface area contributed by atoms with Crippen LogP contribution in [0.3, 0.4) is 0 Å². The van der Waals surface area contributed by atoms with Crippen LogP contribution in [0, 0.1) is 6.92 Å². The van der Waals surface area contributed by atoms with E-state index in [1.54, 1.807) is 34.7 Å². The first-order valence-electron chi connectivity index (χ1n) is 9.17. The van der Waals surface area contributed by atoms with E-state index < -0.39 is 11.7 Å². The average molecular weight is 388 g/mol. The van der Waals surface area contributed by atoms with E-state index in [1.165, 1.54) is 4.90 Å². The van der Waals surface area contributed by atoms with Crippen molar-refractivity contribution in [2.75, 3.05) is 13.6 Å². The number of rotatable bonds is 6. The molecule has 0 radical (unpaired) electrons. The summed E-state index contributed by atoms with van der Waals surface area (Å²) in [6.07, 6.45) is -0.519. The van der Waals surface area contributed by atoms with Gasteiger partial charge < -0.3 is 19.5 Å². The van der Waals surface area contributed by atoms with Gasteiger partial charge in [0, 0.05) is 25.2 Å². The highest BCUT2D eigenvalue weighted by Gasteiger charge is 2.21. The van der Waals surface area contributed by atoms with Crippen molar-refractivity contribution in [1.29, 1.82) is 0 Å². The zero-order valence-electron chi connectivity index (χ0n) is 17.3. The molecule has 0 aliphatic carbocycles. The second-order valence-electron chi connectivity index (χ2n) is 7.82. The van der Waals surface area contributed by atoms with Crippen LogP contribution in [0.5, 0.6) is 0 Å². The largest absolute Gasteiger partial charge is 0.444 e. The highest BCUT2D eigenvalue weighted by molar-refractivity contribution is 5.77. The highest BCUT2D eigenvalue weighted by atomic mass is 16.6. The Balaban J connectivity index is 1.89. The summed E-state index contributed by atoms with van der Waals surface area (Å²) in [5.74, 6) is 0.532. The second kappa shape index (κ2) is 8.86. The monoisotopic (exact) mass is 388 g/mol. The molecule has 152 valence electrons. The van der Waals surface area contributed by atoms with E-state index in [2.05, 4.69) is 15.5 Å². The maximum absolute atomic E-state index is 12.4. The van der Waals surface area contributed by atoms with Gasteiger partial charge in [-0.2, -0.15) is 4.98 Å². The molecular formula is C20H28N4O4. The summed E-state index contributed by atoms with van der Waals surface area (Å²) in [6, 6.07) is 7.43. The number of hydrogen-bond donors (Lipinski definition) is 1. The number of carbonyl (C=O) groups excluding carboxylic acids is 2. The Morgan fingerprint density at radius 2 is 1.96 bits per heavy atom. The van der Waals surface area contributed by atoms with E-state index in [1.807, 2.05) is 31.2 Å². The summed E-state index contributed by atoms with van der Waals surface area (Å²) in [6.45, 7) is 9.48. The van der Waals surface area contributed by atoms with Gasteiger partial charge in [-0.15, -0.1) is 0 Å². The number of amides is 2. The van der Waals surface area contributed by atoms with Crippen LogP contribution in [-0.2, 0) is 16.0 Å². The molecule has 1 unspecified atom stereocenters. The summed E-state index contributed by atoms with van der Waals surface area (Å²) in [7, 11) is 1.66. The maximum Gasteiger partial charge on any atom is 0.407 e. The van der Waals surface area contributed by atoms with Crippen LogP contribution in [0.1, 0.15) is 39.1 Å². The number of aromatic nitrogens is 2. The van der Waals surface area contributed by atoms with E-state index in [-0.39, 0.29) is 24.3 Å². The van der Waals surface area contributed by atoms with Crippen molar-refractivity contribution in [3.8, 4) is 11.4 Å². The molecule has 1 aromatic heterocycles. The molecule has 1 N–H and O–H groups in total. The van der Waals surface area contributed by atoms with Crippen LogP contribution in [0.2, 0.25) is 0 Å². The SMILES string of the molecule is Cc1ccccc1-c1noc(CC(=O)N(C)CC(C)NC(=O)OC(C)(C)C)n1. The van der Waals surface area contributed by atoms with Crippen molar-refractivity contribution in [2.45, 2.75) is 52.7 Å². The van der Waals surface area contributed by atoms with Gasteiger partial charge in [0.1, 0.15) is 12.0 Å². The molecule has 8 nitrogen and oxygen atoms in total. The van der Waals surface area contributed by atoms with Crippen LogP contribution in [0.25, 0.3) is 11.4 Å². The molecule has 0 fully saturated rings. The van der Waals surface area contributed by atoms with Crippen molar-refractivity contribution < 1.29 is 18.8 Å². The first kappa shape index (κ1) is 21.4. The van der Waals surface area contributed by atoms with Gasteiger partial charge in [-0.05, 0) is 40.2 Å². The molecule has 0 saturated carbocycles. The van der Waals surface area contributed by atoms with Crippen molar-refractivity contribution in [1.82, 2.24) is 20.4 Å². The number of ether oxygens (including phenoxy) is 1. The Morgan fingerprint density at radius 3 is 2.61 bits per heavy atom. The Bertz CT molecular complexity index is 826. The lowest BCUT2D eigenvalue weighted by Crippen LogP contribution is -2.44. The standard InChI is InChI=1S/C20H28N4O4/c1-13-9-7-8-10-15(13)18-22-16(28-23-18)11-17(25)24(6)12-14(2)21-19(26)27-20(3,4)5/h7-10,14H,11-12H2,1-6H3,(H,21,26). The number of carbonyl (C=O) groups is 2. The Morgan fingerprint density at radius 1 is 1.29 bits per heavy atom. The van der Waals surface area contributed by atoms with E-state index in [9.17, 15) is 9.59 Å². The van der Waals surface area contributed by atoms with Gasteiger partial charge in [0.25, 0.3) is 0 Å². The Labute approximate surface area is 165 Å². The van der Waals surface area contributed by atoms with Crippen molar-refractivity contribution in [2.24, 2.45) is 0 Å². The van der Waals surface area contributed by atoms with Gasteiger partial charge in [-0.1, -0.05) is 29.4 Å². The normalized spacial score (nSPS) is 12.4.